The van der Waals surface area contributed by atoms with E-state index in [2.05, 4.69) is 20.8 Å². The van der Waals surface area contributed by atoms with Crippen molar-refractivity contribution in [2.75, 3.05) is 0 Å². The number of Topliss-reactive ketones (excluding diaryl/α,β-unsaturated/α-hetero) is 1. The average Bonchev–Trinajstić information content (AvgIpc) is 3.13. The third-order valence-electron chi connectivity index (χ3n) is 6.15. The van der Waals surface area contributed by atoms with Gasteiger partial charge in [0.25, 0.3) is 0 Å². The number of carbonyl (C=O) groups is 2. The van der Waals surface area contributed by atoms with Gasteiger partial charge in [0.15, 0.2) is 5.76 Å². The van der Waals surface area contributed by atoms with Crippen molar-refractivity contribution >= 4 is 17.8 Å². The number of ether oxygens (including phenoxy) is 3. The minimum Gasteiger partial charge on any atom is -0.485 e. The number of hydrogen-bond donors (Lipinski definition) is 0. The number of hydrogen-bond acceptors (Lipinski definition) is 5. The zero-order valence-corrected chi connectivity index (χ0v) is 20.1. The summed E-state index contributed by atoms with van der Waals surface area (Å²) in [7, 11) is 0. The molecule has 2 aliphatic rings. The van der Waals surface area contributed by atoms with E-state index in [1.54, 1.807) is 36.4 Å². The Balaban J connectivity index is 1.34. The molecule has 0 amide bonds. The molecule has 5 rings (SSSR count). The van der Waals surface area contributed by atoms with Crippen molar-refractivity contribution < 1.29 is 23.8 Å². The fraction of sp³-hybridized carbons (Fsp3) is 0.200. The summed E-state index contributed by atoms with van der Waals surface area (Å²) < 4.78 is 17.4. The van der Waals surface area contributed by atoms with Crippen LogP contribution in [0.5, 0.6) is 17.2 Å². The Morgan fingerprint density at radius 3 is 2.46 bits per heavy atom. The summed E-state index contributed by atoms with van der Waals surface area (Å²) in [6.07, 6.45) is 3.48. The number of rotatable bonds is 3. The van der Waals surface area contributed by atoms with Crippen LogP contribution in [0.3, 0.4) is 0 Å². The highest BCUT2D eigenvalue weighted by Gasteiger charge is 2.29. The van der Waals surface area contributed by atoms with Gasteiger partial charge in [0.05, 0.1) is 11.1 Å². The van der Waals surface area contributed by atoms with Crippen LogP contribution < -0.4 is 14.2 Å². The van der Waals surface area contributed by atoms with Gasteiger partial charge in [0.1, 0.15) is 23.4 Å². The Hall–Kier alpha value is -4.12. The molecule has 3 aromatic carbocycles. The third-order valence-corrected chi connectivity index (χ3v) is 6.15. The van der Waals surface area contributed by atoms with Crippen LogP contribution in [0.25, 0.3) is 6.08 Å². The van der Waals surface area contributed by atoms with Crippen LogP contribution in [-0.4, -0.2) is 17.9 Å². The first-order chi connectivity index (χ1) is 16.7. The number of benzene rings is 3. The van der Waals surface area contributed by atoms with Crippen molar-refractivity contribution in [3.05, 3.63) is 106 Å². The van der Waals surface area contributed by atoms with E-state index in [9.17, 15) is 9.59 Å². The molecule has 0 bridgehead atoms. The van der Waals surface area contributed by atoms with E-state index in [1.165, 1.54) is 0 Å². The van der Waals surface area contributed by atoms with Gasteiger partial charge in [0, 0.05) is 11.6 Å². The number of carbonyl (C=O) groups excluding carboxylic acids is 2. The first-order valence-electron chi connectivity index (χ1n) is 11.6. The lowest BCUT2D eigenvalue weighted by molar-refractivity contribution is 0.0734. The summed E-state index contributed by atoms with van der Waals surface area (Å²) in [4.78, 5) is 25.6. The number of allylic oxidation sites excluding steroid dienone is 1. The first-order valence-corrected chi connectivity index (χ1v) is 11.6. The van der Waals surface area contributed by atoms with E-state index in [1.807, 2.05) is 49.4 Å². The van der Waals surface area contributed by atoms with Crippen molar-refractivity contribution in [2.24, 2.45) is 0 Å². The quantitative estimate of drug-likeness (QED) is 0.250. The van der Waals surface area contributed by atoms with Gasteiger partial charge in [-0.2, -0.15) is 0 Å². The molecule has 0 aliphatic carbocycles. The van der Waals surface area contributed by atoms with Crippen molar-refractivity contribution in [1.29, 1.82) is 0 Å². The highest BCUT2D eigenvalue weighted by atomic mass is 16.5. The van der Waals surface area contributed by atoms with Crippen LogP contribution >= 0.6 is 0 Å². The maximum atomic E-state index is 12.9. The molecule has 0 N–H and O–H groups in total. The Bertz CT molecular complexity index is 1390. The standard InChI is InChI=1S/C30H26O5/c1-18-21(15-20-7-5-6-8-25(20)33-18)16-27-28(31)24-14-13-23(17-26(24)35-27)34-29(32)19-9-11-22(12-10-19)30(2,3)4/h5-18H,1-4H3/b27-16-/t18-/m0/s1. The third kappa shape index (κ3) is 4.50. The van der Waals surface area contributed by atoms with Gasteiger partial charge >= 0.3 is 5.97 Å². The summed E-state index contributed by atoms with van der Waals surface area (Å²) in [5, 5.41) is 0. The maximum Gasteiger partial charge on any atom is 0.343 e. The van der Waals surface area contributed by atoms with Crippen molar-refractivity contribution in [2.45, 2.75) is 39.2 Å². The molecule has 0 saturated carbocycles. The lowest BCUT2D eigenvalue weighted by Gasteiger charge is -2.22. The second-order valence-electron chi connectivity index (χ2n) is 9.76. The van der Waals surface area contributed by atoms with Gasteiger partial charge < -0.3 is 14.2 Å². The van der Waals surface area contributed by atoms with Crippen molar-refractivity contribution in [1.82, 2.24) is 0 Å². The van der Waals surface area contributed by atoms with Crippen LogP contribution in [0.4, 0.5) is 0 Å². The van der Waals surface area contributed by atoms with E-state index >= 15 is 0 Å². The molecule has 5 heteroatoms. The van der Waals surface area contributed by atoms with Crippen LogP contribution in [0.2, 0.25) is 0 Å². The lowest BCUT2D eigenvalue weighted by atomic mass is 9.87. The van der Waals surface area contributed by atoms with Gasteiger partial charge in [-0.3, -0.25) is 4.79 Å². The summed E-state index contributed by atoms with van der Waals surface area (Å²) in [6, 6.07) is 19.9. The van der Waals surface area contributed by atoms with Crippen molar-refractivity contribution in [3.8, 4) is 17.2 Å². The van der Waals surface area contributed by atoms with E-state index in [0.29, 0.717) is 22.6 Å². The zero-order chi connectivity index (χ0) is 24.7. The average molecular weight is 467 g/mol. The SMILES string of the molecule is C[C@@H]1Oc2ccccc2C=C1/C=C1\Oc2cc(OC(=O)c3ccc(C(C)(C)C)cc3)ccc2C1=O. The van der Waals surface area contributed by atoms with E-state index in [0.717, 1.165) is 22.4 Å². The second-order valence-corrected chi connectivity index (χ2v) is 9.76. The van der Waals surface area contributed by atoms with Crippen LogP contribution in [0.1, 0.15) is 59.5 Å². The highest BCUT2D eigenvalue weighted by molar-refractivity contribution is 6.12. The summed E-state index contributed by atoms with van der Waals surface area (Å²) >= 11 is 0. The fourth-order valence-electron chi connectivity index (χ4n) is 4.08. The van der Waals surface area contributed by atoms with E-state index < -0.39 is 5.97 Å². The van der Waals surface area contributed by atoms with Crippen LogP contribution in [0, 0.1) is 0 Å². The molecule has 0 saturated heterocycles. The Morgan fingerprint density at radius 2 is 1.71 bits per heavy atom. The monoisotopic (exact) mass is 466 g/mol. The molecule has 0 spiro atoms. The second kappa shape index (κ2) is 8.58. The van der Waals surface area contributed by atoms with Gasteiger partial charge in [0.2, 0.25) is 5.78 Å². The normalized spacial score (nSPS) is 17.7. The molecule has 5 nitrogen and oxygen atoms in total. The predicted molar refractivity (Wildman–Crippen MR) is 134 cm³/mol. The molecule has 3 aromatic rings. The molecule has 0 radical (unpaired) electrons. The molecule has 35 heavy (non-hydrogen) atoms. The minimum absolute atomic E-state index is 0.00149. The Kier molecular flexibility index (Phi) is 5.56. The molecule has 2 heterocycles. The number of fused-ring (bicyclic) bond motifs is 2. The molecular weight excluding hydrogens is 440 g/mol. The molecular formula is C30H26O5. The Morgan fingerprint density at radius 1 is 0.971 bits per heavy atom. The molecule has 0 unspecified atom stereocenters. The van der Waals surface area contributed by atoms with Crippen LogP contribution in [-0.2, 0) is 5.41 Å². The van der Waals surface area contributed by atoms with E-state index in [4.69, 9.17) is 14.2 Å². The summed E-state index contributed by atoms with van der Waals surface area (Å²) in [5.74, 6) is 1.00. The molecule has 0 fully saturated rings. The largest absolute Gasteiger partial charge is 0.485 e. The number of esters is 1. The Labute approximate surface area is 204 Å². The van der Waals surface area contributed by atoms with Gasteiger partial charge in [-0.15, -0.1) is 0 Å². The molecule has 0 aromatic heterocycles. The smallest absolute Gasteiger partial charge is 0.343 e. The number of ketones is 1. The summed E-state index contributed by atoms with van der Waals surface area (Å²) in [6.45, 7) is 8.28. The summed E-state index contributed by atoms with van der Waals surface area (Å²) in [5.41, 5.74) is 3.80. The van der Waals surface area contributed by atoms with Crippen molar-refractivity contribution in [3.63, 3.8) is 0 Å². The highest BCUT2D eigenvalue weighted by Crippen LogP contribution is 2.36. The predicted octanol–water partition coefficient (Wildman–Crippen LogP) is 6.53. The topological polar surface area (TPSA) is 61.8 Å². The maximum absolute atomic E-state index is 12.9. The minimum atomic E-state index is -0.470. The number of para-hydroxylation sites is 1. The molecule has 1 atom stereocenters. The fourth-order valence-corrected chi connectivity index (χ4v) is 4.08. The zero-order valence-electron chi connectivity index (χ0n) is 20.1. The molecule has 176 valence electrons. The van der Waals surface area contributed by atoms with Gasteiger partial charge in [-0.25, -0.2) is 4.79 Å². The van der Waals surface area contributed by atoms with E-state index in [-0.39, 0.29) is 23.1 Å². The first kappa shape index (κ1) is 22.7. The van der Waals surface area contributed by atoms with Crippen LogP contribution in [0.15, 0.2) is 84.1 Å². The molecule has 2 aliphatic heterocycles. The van der Waals surface area contributed by atoms with Gasteiger partial charge in [-0.1, -0.05) is 51.1 Å². The van der Waals surface area contributed by atoms with Gasteiger partial charge in [-0.05, 0) is 66.0 Å². The lowest BCUT2D eigenvalue weighted by Crippen LogP contribution is -2.18.